The van der Waals surface area contributed by atoms with E-state index in [1.54, 1.807) is 45.0 Å². The predicted molar refractivity (Wildman–Crippen MR) is 155 cm³/mol. The Hall–Kier alpha value is -4.12. The molecule has 3 aromatic rings. The van der Waals surface area contributed by atoms with Crippen LogP contribution in [0.15, 0.2) is 77.7 Å². The predicted octanol–water partition coefficient (Wildman–Crippen LogP) is 4.37. The molecule has 0 aliphatic heterocycles. The largest absolute Gasteiger partial charge is 0.497 e. The molecule has 0 saturated heterocycles. The number of amides is 2. The first-order valence-corrected chi connectivity index (χ1v) is 14.6. The van der Waals surface area contributed by atoms with Gasteiger partial charge in [0.1, 0.15) is 29.9 Å². The maximum atomic E-state index is 13.9. The van der Waals surface area contributed by atoms with Crippen molar-refractivity contribution in [3.05, 3.63) is 84.2 Å². The Morgan fingerprint density at radius 1 is 0.902 bits per heavy atom. The van der Waals surface area contributed by atoms with Gasteiger partial charge < -0.3 is 19.7 Å². The van der Waals surface area contributed by atoms with Gasteiger partial charge in [-0.3, -0.25) is 13.9 Å². The van der Waals surface area contributed by atoms with E-state index in [4.69, 9.17) is 9.47 Å². The third-order valence-electron chi connectivity index (χ3n) is 6.23. The van der Waals surface area contributed by atoms with E-state index in [1.165, 1.54) is 48.4 Å². The molecular formula is C30H36FN3O6S. The SMILES string of the molecule is CCOc1ccc(S(=O)(=O)N(CC(=O)N(Cc2ccc(OC)cc2)C(C)C(=O)NC(C)C)c2ccc(F)cc2)cc1. The molecule has 1 unspecified atom stereocenters. The number of sulfonamides is 1. The summed E-state index contributed by atoms with van der Waals surface area (Å²) in [5.41, 5.74) is 0.809. The fourth-order valence-corrected chi connectivity index (χ4v) is 5.47. The van der Waals surface area contributed by atoms with Crippen LogP contribution in [0.4, 0.5) is 10.1 Å². The Morgan fingerprint density at radius 3 is 2.02 bits per heavy atom. The summed E-state index contributed by atoms with van der Waals surface area (Å²) in [5.74, 6) is -0.443. The highest BCUT2D eigenvalue weighted by atomic mass is 32.2. The van der Waals surface area contributed by atoms with Crippen molar-refractivity contribution in [1.82, 2.24) is 10.2 Å². The lowest BCUT2D eigenvalue weighted by atomic mass is 10.1. The summed E-state index contributed by atoms with van der Waals surface area (Å²) in [6.45, 7) is 6.83. The van der Waals surface area contributed by atoms with Crippen molar-refractivity contribution in [3.63, 3.8) is 0 Å². The lowest BCUT2D eigenvalue weighted by Crippen LogP contribution is -2.52. The van der Waals surface area contributed by atoms with Crippen molar-refractivity contribution in [2.24, 2.45) is 0 Å². The topological polar surface area (TPSA) is 105 Å². The summed E-state index contributed by atoms with van der Waals surface area (Å²) in [4.78, 5) is 28.1. The maximum absolute atomic E-state index is 13.9. The first-order valence-electron chi connectivity index (χ1n) is 13.2. The van der Waals surface area contributed by atoms with Crippen LogP contribution in [0, 0.1) is 5.82 Å². The minimum Gasteiger partial charge on any atom is -0.497 e. The number of rotatable bonds is 13. The van der Waals surface area contributed by atoms with Crippen LogP contribution in [-0.4, -0.2) is 57.5 Å². The van der Waals surface area contributed by atoms with Gasteiger partial charge in [-0.2, -0.15) is 0 Å². The molecular weight excluding hydrogens is 549 g/mol. The molecule has 0 bridgehead atoms. The molecule has 0 heterocycles. The minimum absolute atomic E-state index is 0.0376. The fraction of sp³-hybridized carbons (Fsp3) is 0.333. The van der Waals surface area contributed by atoms with Crippen LogP contribution >= 0.6 is 0 Å². The normalized spacial score (nSPS) is 12.0. The third-order valence-corrected chi connectivity index (χ3v) is 8.01. The molecule has 41 heavy (non-hydrogen) atoms. The molecule has 0 fully saturated rings. The lowest BCUT2D eigenvalue weighted by Gasteiger charge is -2.32. The van der Waals surface area contributed by atoms with Gasteiger partial charge in [0, 0.05) is 12.6 Å². The Kier molecular flexibility index (Phi) is 10.7. The molecule has 0 aromatic heterocycles. The number of hydrogen-bond donors (Lipinski definition) is 1. The van der Waals surface area contributed by atoms with Crippen molar-refractivity contribution in [3.8, 4) is 11.5 Å². The van der Waals surface area contributed by atoms with Crippen molar-refractivity contribution >= 4 is 27.5 Å². The van der Waals surface area contributed by atoms with Crippen LogP contribution in [-0.2, 0) is 26.2 Å². The van der Waals surface area contributed by atoms with Crippen LogP contribution < -0.4 is 19.1 Å². The Balaban J connectivity index is 2.01. The minimum atomic E-state index is -4.28. The van der Waals surface area contributed by atoms with Gasteiger partial charge in [0.05, 0.1) is 24.3 Å². The van der Waals surface area contributed by atoms with Crippen molar-refractivity contribution in [1.29, 1.82) is 0 Å². The van der Waals surface area contributed by atoms with Crippen LogP contribution in [0.25, 0.3) is 0 Å². The Bertz CT molecular complexity index is 1410. The summed E-state index contributed by atoms with van der Waals surface area (Å²) >= 11 is 0. The monoisotopic (exact) mass is 585 g/mol. The zero-order valence-corrected chi connectivity index (χ0v) is 24.7. The van der Waals surface area contributed by atoms with Crippen molar-refractivity contribution < 1.29 is 31.9 Å². The molecule has 9 nitrogen and oxygen atoms in total. The molecule has 1 N–H and O–H groups in total. The summed E-state index contributed by atoms with van der Waals surface area (Å²) < 4.78 is 53.0. The number of carbonyl (C=O) groups excluding carboxylic acids is 2. The number of methoxy groups -OCH3 is 1. The summed E-state index contributed by atoms with van der Waals surface area (Å²) in [6.07, 6.45) is 0. The van der Waals surface area contributed by atoms with Gasteiger partial charge in [0.15, 0.2) is 0 Å². The van der Waals surface area contributed by atoms with Gasteiger partial charge in [-0.05, 0) is 93.9 Å². The van der Waals surface area contributed by atoms with Gasteiger partial charge in [-0.1, -0.05) is 12.1 Å². The van der Waals surface area contributed by atoms with E-state index >= 15 is 0 Å². The first-order chi connectivity index (χ1) is 19.5. The number of nitrogens with one attached hydrogen (secondary N) is 1. The van der Waals surface area contributed by atoms with Gasteiger partial charge in [-0.25, -0.2) is 12.8 Å². The molecule has 11 heteroatoms. The van der Waals surface area contributed by atoms with Gasteiger partial charge >= 0.3 is 0 Å². The molecule has 2 amide bonds. The van der Waals surface area contributed by atoms with Gasteiger partial charge in [0.2, 0.25) is 11.8 Å². The van der Waals surface area contributed by atoms with E-state index in [-0.39, 0.29) is 29.1 Å². The van der Waals surface area contributed by atoms with E-state index in [0.717, 1.165) is 16.4 Å². The molecule has 3 rings (SSSR count). The van der Waals surface area contributed by atoms with Crippen LogP contribution in [0.3, 0.4) is 0 Å². The van der Waals surface area contributed by atoms with Crippen molar-refractivity contribution in [2.75, 3.05) is 24.6 Å². The molecule has 3 aromatic carbocycles. The van der Waals surface area contributed by atoms with Crippen LogP contribution in [0.5, 0.6) is 11.5 Å². The number of ether oxygens (including phenoxy) is 2. The van der Waals surface area contributed by atoms with E-state index in [2.05, 4.69) is 5.32 Å². The van der Waals surface area contributed by atoms with Crippen LogP contribution in [0.1, 0.15) is 33.3 Å². The maximum Gasteiger partial charge on any atom is 0.264 e. The Labute approximate surface area is 240 Å². The zero-order chi connectivity index (χ0) is 30.2. The molecule has 0 aliphatic carbocycles. The van der Waals surface area contributed by atoms with E-state index in [9.17, 15) is 22.4 Å². The number of carbonyl (C=O) groups is 2. The summed E-state index contributed by atoms with van der Waals surface area (Å²) in [7, 11) is -2.74. The quantitative estimate of drug-likeness (QED) is 0.320. The molecule has 0 radical (unpaired) electrons. The average molecular weight is 586 g/mol. The molecule has 0 aliphatic rings. The molecule has 0 spiro atoms. The summed E-state index contributed by atoms with van der Waals surface area (Å²) in [6, 6.07) is 16.5. The molecule has 1 atom stereocenters. The highest BCUT2D eigenvalue weighted by Gasteiger charge is 2.32. The highest BCUT2D eigenvalue weighted by molar-refractivity contribution is 7.92. The standard InChI is InChI=1S/C30H36FN3O6S/c1-6-40-27-15-17-28(18-16-27)41(37,38)34(25-11-9-24(31)10-12-25)20-29(35)33(22(4)30(36)32-21(2)3)19-23-7-13-26(39-5)14-8-23/h7-18,21-22H,6,19-20H2,1-5H3,(H,32,36). The molecule has 0 saturated carbocycles. The second kappa shape index (κ2) is 14.0. The average Bonchev–Trinajstić information content (AvgIpc) is 2.95. The van der Waals surface area contributed by atoms with Crippen molar-refractivity contribution in [2.45, 2.75) is 51.2 Å². The number of anilines is 1. The van der Waals surface area contributed by atoms with E-state index < -0.39 is 34.3 Å². The first kappa shape index (κ1) is 31.4. The number of halogens is 1. The van der Waals surface area contributed by atoms with E-state index in [1.807, 2.05) is 6.92 Å². The number of hydrogen-bond acceptors (Lipinski definition) is 6. The smallest absolute Gasteiger partial charge is 0.264 e. The third kappa shape index (κ3) is 8.20. The fourth-order valence-electron chi connectivity index (χ4n) is 4.05. The Morgan fingerprint density at radius 2 is 1.49 bits per heavy atom. The second-order valence-electron chi connectivity index (χ2n) is 9.60. The zero-order valence-electron chi connectivity index (χ0n) is 23.8. The number of benzene rings is 3. The molecule has 220 valence electrons. The lowest BCUT2D eigenvalue weighted by molar-refractivity contribution is -0.139. The van der Waals surface area contributed by atoms with Crippen LogP contribution in [0.2, 0.25) is 0 Å². The summed E-state index contributed by atoms with van der Waals surface area (Å²) in [5, 5.41) is 2.81. The highest BCUT2D eigenvalue weighted by Crippen LogP contribution is 2.26. The second-order valence-corrected chi connectivity index (χ2v) is 11.5. The van der Waals surface area contributed by atoms with E-state index in [0.29, 0.717) is 23.7 Å². The van der Waals surface area contributed by atoms with Gasteiger partial charge in [-0.15, -0.1) is 0 Å². The number of nitrogens with zero attached hydrogens (tertiary/aromatic N) is 2. The van der Waals surface area contributed by atoms with Gasteiger partial charge in [0.25, 0.3) is 10.0 Å².